The van der Waals surface area contributed by atoms with E-state index < -0.39 is 14.5 Å². The van der Waals surface area contributed by atoms with Crippen LogP contribution in [0.5, 0.6) is 0 Å². The van der Waals surface area contributed by atoms with Crippen molar-refractivity contribution >= 4 is 14.5 Å². The van der Waals surface area contributed by atoms with Gasteiger partial charge in [-0.15, -0.1) is 0 Å². The van der Waals surface area contributed by atoms with Gasteiger partial charge in [0.15, 0.2) is 0 Å². The molecular formula is C28H52P2+2. The van der Waals surface area contributed by atoms with E-state index in [0.29, 0.717) is 0 Å². The molecule has 0 amide bonds. The summed E-state index contributed by atoms with van der Waals surface area (Å²) in [6, 6.07) is 0. The van der Waals surface area contributed by atoms with Crippen LogP contribution in [0.2, 0.25) is 0 Å². The van der Waals surface area contributed by atoms with Gasteiger partial charge in [-0.25, -0.2) is 0 Å². The summed E-state index contributed by atoms with van der Waals surface area (Å²) in [6.45, 7) is 0. The van der Waals surface area contributed by atoms with Gasteiger partial charge >= 0.3 is 0 Å². The van der Waals surface area contributed by atoms with Gasteiger partial charge in [-0.1, -0.05) is 25.7 Å². The minimum absolute atomic E-state index is 0.695. The summed E-state index contributed by atoms with van der Waals surface area (Å²) < 4.78 is 0. The van der Waals surface area contributed by atoms with Crippen LogP contribution in [0.4, 0.5) is 0 Å². The molecule has 0 radical (unpaired) electrons. The van der Waals surface area contributed by atoms with E-state index in [9.17, 15) is 0 Å². The van der Waals surface area contributed by atoms with Crippen LogP contribution in [-0.2, 0) is 0 Å². The summed E-state index contributed by atoms with van der Waals surface area (Å²) in [5.74, 6) is 0. The molecule has 5 rings (SSSR count). The lowest BCUT2D eigenvalue weighted by Gasteiger charge is -2.52. The van der Waals surface area contributed by atoms with Gasteiger partial charge in [-0.3, -0.25) is 0 Å². The van der Waals surface area contributed by atoms with Gasteiger partial charge in [0, 0.05) is 14.5 Å². The van der Waals surface area contributed by atoms with Gasteiger partial charge in [0.25, 0.3) is 0 Å². The molecule has 4 aliphatic carbocycles. The maximum Gasteiger partial charge on any atom is 0.0936 e. The fourth-order valence-corrected chi connectivity index (χ4v) is 25.5. The van der Waals surface area contributed by atoms with E-state index in [0.717, 1.165) is 0 Å². The Hall–Kier alpha value is 0.860. The Morgan fingerprint density at radius 1 is 0.267 bits per heavy atom. The second-order valence-corrected chi connectivity index (χ2v) is 21.4. The SMILES string of the molecule is C1CCC([P+]2(C3CCCCC3)CC[P+](C3CCCCC3)(C3CCCCC3)CC2)CC1. The molecular weight excluding hydrogens is 398 g/mol. The van der Waals surface area contributed by atoms with Crippen LogP contribution in [0, 0.1) is 0 Å². The summed E-state index contributed by atoms with van der Waals surface area (Å²) in [4.78, 5) is 0. The van der Waals surface area contributed by atoms with Gasteiger partial charge in [0.1, 0.15) is 0 Å². The van der Waals surface area contributed by atoms with Crippen LogP contribution < -0.4 is 0 Å². The van der Waals surface area contributed by atoms with Crippen molar-refractivity contribution < 1.29 is 0 Å². The van der Waals surface area contributed by atoms with Gasteiger partial charge in [-0.2, -0.15) is 0 Å². The quantitative estimate of drug-likeness (QED) is 0.374. The molecule has 0 nitrogen and oxygen atoms in total. The van der Waals surface area contributed by atoms with Crippen LogP contribution in [0.3, 0.4) is 0 Å². The Bertz CT molecular complexity index is 423. The minimum Gasteiger partial charge on any atom is -0.0530 e. The average Bonchev–Trinajstić information content (AvgIpc) is 2.86. The van der Waals surface area contributed by atoms with Crippen molar-refractivity contribution in [2.24, 2.45) is 0 Å². The molecule has 1 saturated heterocycles. The summed E-state index contributed by atoms with van der Waals surface area (Å²) in [6.07, 6.45) is 39.4. The Kier molecular flexibility index (Phi) is 7.86. The fourth-order valence-electron chi connectivity index (χ4n) is 9.41. The molecule has 5 fully saturated rings. The summed E-state index contributed by atoms with van der Waals surface area (Å²) in [5, 5.41) is 0. The largest absolute Gasteiger partial charge is 0.0936 e. The summed E-state index contributed by atoms with van der Waals surface area (Å²) >= 11 is 0. The molecule has 0 unspecified atom stereocenters. The normalized spacial score (nSPS) is 32.8. The zero-order valence-electron chi connectivity index (χ0n) is 20.2. The maximum absolute atomic E-state index is 1.81. The highest BCUT2D eigenvalue weighted by Crippen LogP contribution is 2.83. The predicted molar refractivity (Wildman–Crippen MR) is 141 cm³/mol. The maximum atomic E-state index is 1.81. The van der Waals surface area contributed by atoms with Crippen LogP contribution in [0.15, 0.2) is 0 Å². The van der Waals surface area contributed by atoms with E-state index in [1.165, 1.54) is 22.6 Å². The lowest BCUT2D eigenvalue weighted by Crippen LogP contribution is -2.42. The molecule has 0 spiro atoms. The van der Waals surface area contributed by atoms with Crippen molar-refractivity contribution in [1.82, 2.24) is 0 Å². The summed E-state index contributed by atoms with van der Waals surface area (Å²) in [7, 11) is -1.39. The standard InChI is InChI=1S/C28H52P2/c1-5-13-25(14-6-1)29(26-15-7-2-8-16-26)21-23-30(24-22-29,27-17-9-3-10-18-27)28-19-11-4-12-20-28/h25-28H,1-24H2/q+2. The van der Waals surface area contributed by atoms with Crippen molar-refractivity contribution in [3.8, 4) is 0 Å². The molecule has 0 bridgehead atoms. The van der Waals surface area contributed by atoms with Crippen LogP contribution >= 0.6 is 14.5 Å². The fraction of sp³-hybridized carbons (Fsp3) is 1.00. The van der Waals surface area contributed by atoms with Gasteiger partial charge in [0.05, 0.1) is 47.3 Å². The predicted octanol–water partition coefficient (Wildman–Crippen LogP) is 9.37. The van der Waals surface area contributed by atoms with Gasteiger partial charge < -0.3 is 0 Å². The molecule has 1 aliphatic heterocycles. The Balaban J connectivity index is 1.39. The second kappa shape index (κ2) is 10.4. The topological polar surface area (TPSA) is 0 Å². The van der Waals surface area contributed by atoms with Crippen molar-refractivity contribution in [3.05, 3.63) is 0 Å². The monoisotopic (exact) mass is 450 g/mol. The Morgan fingerprint density at radius 3 is 0.667 bits per heavy atom. The molecule has 1 heterocycles. The molecule has 4 saturated carbocycles. The Morgan fingerprint density at radius 2 is 0.467 bits per heavy atom. The third kappa shape index (κ3) is 4.46. The lowest BCUT2D eigenvalue weighted by molar-refractivity contribution is 0.471. The molecule has 30 heavy (non-hydrogen) atoms. The van der Waals surface area contributed by atoms with Crippen molar-refractivity contribution in [3.63, 3.8) is 0 Å². The van der Waals surface area contributed by atoms with Crippen LogP contribution in [0.1, 0.15) is 128 Å². The first-order chi connectivity index (χ1) is 14.8. The molecule has 5 aliphatic rings. The minimum atomic E-state index is -0.695. The number of rotatable bonds is 4. The third-order valence-electron chi connectivity index (χ3n) is 11.1. The molecule has 0 aromatic heterocycles. The van der Waals surface area contributed by atoms with Gasteiger partial charge in [-0.05, 0) is 103 Å². The molecule has 0 aromatic carbocycles. The third-order valence-corrected chi connectivity index (χ3v) is 23.9. The first-order valence-corrected chi connectivity index (χ1v) is 19.2. The van der Waals surface area contributed by atoms with Crippen LogP contribution in [-0.4, -0.2) is 47.3 Å². The highest BCUT2D eigenvalue weighted by atomic mass is 31.2. The highest BCUT2D eigenvalue weighted by molar-refractivity contribution is 7.84. The summed E-state index contributed by atoms with van der Waals surface area (Å²) in [5.41, 5.74) is 4.92. The van der Waals surface area contributed by atoms with Gasteiger partial charge in [0.2, 0.25) is 0 Å². The van der Waals surface area contributed by atoms with E-state index >= 15 is 0 Å². The zero-order valence-corrected chi connectivity index (χ0v) is 22.0. The van der Waals surface area contributed by atoms with E-state index in [1.807, 2.05) is 24.6 Å². The molecule has 0 atom stereocenters. The lowest BCUT2D eigenvalue weighted by atomic mass is 9.99. The average molecular weight is 451 g/mol. The van der Waals surface area contributed by atoms with Crippen molar-refractivity contribution in [1.29, 1.82) is 0 Å². The second-order valence-electron chi connectivity index (χ2n) is 12.3. The zero-order chi connectivity index (χ0) is 20.3. The first kappa shape index (κ1) is 22.6. The van der Waals surface area contributed by atoms with Crippen molar-refractivity contribution in [2.75, 3.05) is 24.6 Å². The number of hydrogen-bond acceptors (Lipinski definition) is 0. The molecule has 2 heteroatoms. The van der Waals surface area contributed by atoms with Crippen molar-refractivity contribution in [2.45, 2.75) is 151 Å². The number of hydrogen-bond donors (Lipinski definition) is 0. The highest BCUT2D eigenvalue weighted by Gasteiger charge is 2.63. The first-order valence-electron chi connectivity index (χ1n) is 14.6. The van der Waals surface area contributed by atoms with E-state index in [4.69, 9.17) is 0 Å². The van der Waals surface area contributed by atoms with Crippen LogP contribution in [0.25, 0.3) is 0 Å². The molecule has 0 aromatic rings. The van der Waals surface area contributed by atoms with E-state index in [1.54, 1.807) is 128 Å². The van der Waals surface area contributed by atoms with E-state index in [2.05, 4.69) is 0 Å². The molecule has 0 N–H and O–H groups in total. The Labute approximate surface area is 190 Å². The molecule has 172 valence electrons. The van der Waals surface area contributed by atoms with E-state index in [-0.39, 0.29) is 0 Å². The smallest absolute Gasteiger partial charge is 0.0530 e.